The van der Waals surface area contributed by atoms with Crippen LogP contribution >= 0.6 is 0 Å². The minimum absolute atomic E-state index is 0.0236. The number of fused-ring (bicyclic) bond motifs is 1. The summed E-state index contributed by atoms with van der Waals surface area (Å²) in [5.41, 5.74) is 2.32. The fourth-order valence-corrected chi connectivity index (χ4v) is 4.48. The number of hydrogen-bond donors (Lipinski definition) is 0. The van der Waals surface area contributed by atoms with Crippen LogP contribution in [-0.2, 0) is 19.6 Å². The van der Waals surface area contributed by atoms with E-state index in [-0.39, 0.29) is 12.8 Å². The first-order chi connectivity index (χ1) is 12.6. The first-order valence-corrected chi connectivity index (χ1v) is 10.1. The van der Waals surface area contributed by atoms with E-state index in [0.29, 0.717) is 19.6 Å². The fraction of sp³-hybridized carbons (Fsp3) is 0.750. The van der Waals surface area contributed by atoms with Gasteiger partial charge in [-0.2, -0.15) is 5.10 Å². The Morgan fingerprint density at radius 1 is 1.08 bits per heavy atom. The van der Waals surface area contributed by atoms with Gasteiger partial charge in [0.1, 0.15) is 0 Å². The number of nitrogens with zero attached hydrogens (tertiary/aromatic N) is 4. The van der Waals surface area contributed by atoms with Gasteiger partial charge >= 0.3 is 0 Å². The van der Waals surface area contributed by atoms with Gasteiger partial charge in [0.15, 0.2) is 0 Å². The van der Waals surface area contributed by atoms with Gasteiger partial charge < -0.3 is 0 Å². The van der Waals surface area contributed by atoms with Crippen molar-refractivity contribution in [3.8, 4) is 0 Å². The van der Waals surface area contributed by atoms with Crippen LogP contribution in [-0.4, -0.2) is 51.7 Å². The van der Waals surface area contributed by atoms with Crippen LogP contribution in [0.2, 0.25) is 0 Å². The van der Waals surface area contributed by atoms with Gasteiger partial charge in [0.05, 0.1) is 11.4 Å². The highest BCUT2D eigenvalue weighted by Crippen LogP contribution is 2.28. The molecule has 2 aliphatic heterocycles. The minimum Gasteiger partial charge on any atom is -0.297 e. The smallest absolute Gasteiger partial charge is 0.250 e. The number of rotatable bonds is 4. The summed E-state index contributed by atoms with van der Waals surface area (Å²) < 4.78 is 28.8. The number of likely N-dealkylation sites (tertiary alicyclic amines) is 1. The molecule has 1 fully saturated rings. The maximum Gasteiger partial charge on any atom is 0.250 e. The number of allylic oxidation sites excluding steroid dienone is 2. The molecule has 0 amide bonds. The van der Waals surface area contributed by atoms with E-state index in [4.69, 9.17) is 5.10 Å². The highest BCUT2D eigenvalue weighted by atomic mass is 19.3. The molecule has 4 nitrogen and oxygen atoms in total. The maximum atomic E-state index is 13.3. The molecule has 0 radical (unpaired) electrons. The highest BCUT2D eigenvalue weighted by molar-refractivity contribution is 5.12. The van der Waals surface area contributed by atoms with Gasteiger partial charge in [-0.15, -0.1) is 0 Å². The Hall–Kier alpha value is -1.27. The third kappa shape index (κ3) is 4.52. The lowest BCUT2D eigenvalue weighted by atomic mass is 9.94. The molecule has 1 saturated heterocycles. The summed E-state index contributed by atoms with van der Waals surface area (Å²) >= 11 is 0. The fourth-order valence-electron chi connectivity index (χ4n) is 4.48. The summed E-state index contributed by atoms with van der Waals surface area (Å²) in [6, 6.07) is 2.20. The zero-order chi connectivity index (χ0) is 18.0. The van der Waals surface area contributed by atoms with Crippen LogP contribution in [0.15, 0.2) is 18.2 Å². The van der Waals surface area contributed by atoms with Crippen molar-refractivity contribution >= 4 is 0 Å². The van der Waals surface area contributed by atoms with Gasteiger partial charge in [-0.05, 0) is 37.7 Å². The Bertz CT molecular complexity index is 630. The van der Waals surface area contributed by atoms with Gasteiger partial charge in [-0.1, -0.05) is 12.2 Å². The standard InChI is InChI=1S/C20H30F2N4/c21-20(22)7-11-24(12-8-20)15-18-13-19-16-25(9-4-10-26(19)23-18)14-17-5-2-1-3-6-17/h1-2,13,17H,3-12,14-16H2. The zero-order valence-electron chi connectivity index (χ0n) is 15.5. The van der Waals surface area contributed by atoms with Gasteiger partial charge in [0.25, 0.3) is 5.92 Å². The Morgan fingerprint density at radius 2 is 1.92 bits per heavy atom. The van der Waals surface area contributed by atoms with Gasteiger partial charge in [-0.3, -0.25) is 14.5 Å². The number of aromatic nitrogens is 2. The number of piperidine rings is 1. The molecular formula is C20H30F2N4. The van der Waals surface area contributed by atoms with Crippen molar-refractivity contribution in [3.63, 3.8) is 0 Å². The van der Waals surface area contributed by atoms with E-state index in [1.54, 1.807) is 0 Å². The lowest BCUT2D eigenvalue weighted by Gasteiger charge is -2.31. The van der Waals surface area contributed by atoms with E-state index >= 15 is 0 Å². The third-order valence-corrected chi connectivity index (χ3v) is 6.01. The summed E-state index contributed by atoms with van der Waals surface area (Å²) in [5, 5.41) is 4.77. The molecule has 1 aromatic rings. The van der Waals surface area contributed by atoms with Crippen LogP contribution in [0.5, 0.6) is 0 Å². The summed E-state index contributed by atoms with van der Waals surface area (Å²) in [6.45, 7) is 5.88. The predicted molar refractivity (Wildman–Crippen MR) is 98.1 cm³/mol. The molecule has 6 heteroatoms. The van der Waals surface area contributed by atoms with Crippen LogP contribution in [0.1, 0.15) is 49.9 Å². The average Bonchev–Trinajstić information content (AvgIpc) is 2.89. The molecule has 1 unspecified atom stereocenters. The molecule has 144 valence electrons. The van der Waals surface area contributed by atoms with Crippen molar-refractivity contribution in [1.82, 2.24) is 19.6 Å². The lowest BCUT2D eigenvalue weighted by Crippen LogP contribution is -2.38. The Balaban J connectivity index is 1.35. The molecule has 0 spiro atoms. The number of aryl methyl sites for hydroxylation is 1. The summed E-state index contributed by atoms with van der Waals surface area (Å²) in [4.78, 5) is 4.70. The maximum absolute atomic E-state index is 13.3. The van der Waals surface area contributed by atoms with E-state index < -0.39 is 5.92 Å². The van der Waals surface area contributed by atoms with Crippen LogP contribution in [0.25, 0.3) is 0 Å². The zero-order valence-corrected chi connectivity index (χ0v) is 15.5. The Labute approximate surface area is 154 Å². The van der Waals surface area contributed by atoms with E-state index in [2.05, 4.69) is 32.7 Å². The molecule has 3 heterocycles. The van der Waals surface area contributed by atoms with Gasteiger partial charge in [-0.25, -0.2) is 8.78 Å². The first kappa shape index (κ1) is 18.1. The van der Waals surface area contributed by atoms with E-state index in [1.165, 1.54) is 31.5 Å². The lowest BCUT2D eigenvalue weighted by molar-refractivity contribution is -0.0568. The van der Waals surface area contributed by atoms with Crippen molar-refractivity contribution in [2.75, 3.05) is 26.2 Å². The van der Waals surface area contributed by atoms with Crippen molar-refractivity contribution in [2.24, 2.45) is 5.92 Å². The number of hydrogen-bond acceptors (Lipinski definition) is 3. The molecule has 0 bridgehead atoms. The molecule has 26 heavy (non-hydrogen) atoms. The Kier molecular flexibility index (Phi) is 5.41. The second-order valence-electron chi connectivity index (χ2n) is 8.22. The van der Waals surface area contributed by atoms with Crippen LogP contribution < -0.4 is 0 Å². The van der Waals surface area contributed by atoms with E-state index in [1.807, 2.05) is 0 Å². The Morgan fingerprint density at radius 3 is 2.69 bits per heavy atom. The molecule has 0 N–H and O–H groups in total. The molecule has 1 aliphatic carbocycles. The SMILES string of the molecule is FC1(F)CCN(Cc2cc3n(n2)CCCN(CC2CC=CCC2)C3)CC1. The second kappa shape index (κ2) is 7.77. The quantitative estimate of drug-likeness (QED) is 0.762. The molecule has 0 aromatic carbocycles. The van der Waals surface area contributed by atoms with Crippen LogP contribution in [0.3, 0.4) is 0 Å². The van der Waals surface area contributed by atoms with E-state index in [9.17, 15) is 8.78 Å². The molecule has 1 aromatic heterocycles. The van der Waals surface area contributed by atoms with Crippen LogP contribution in [0.4, 0.5) is 8.78 Å². The number of alkyl halides is 2. The predicted octanol–water partition coefficient (Wildman–Crippen LogP) is 3.68. The van der Waals surface area contributed by atoms with Crippen LogP contribution in [0, 0.1) is 5.92 Å². The van der Waals surface area contributed by atoms with Gasteiger partial charge in [0, 0.05) is 58.7 Å². The van der Waals surface area contributed by atoms with Crippen molar-refractivity contribution < 1.29 is 8.78 Å². The normalized spacial score (nSPS) is 27.2. The molecular weight excluding hydrogens is 334 g/mol. The summed E-state index contributed by atoms with van der Waals surface area (Å²) in [7, 11) is 0. The summed E-state index contributed by atoms with van der Waals surface area (Å²) in [6.07, 6.45) is 9.45. The topological polar surface area (TPSA) is 24.3 Å². The van der Waals surface area contributed by atoms with Gasteiger partial charge in [0.2, 0.25) is 0 Å². The minimum atomic E-state index is -2.48. The molecule has 0 saturated carbocycles. The first-order valence-electron chi connectivity index (χ1n) is 10.1. The summed E-state index contributed by atoms with van der Waals surface area (Å²) in [5.74, 6) is -1.69. The molecule has 3 aliphatic rings. The molecule has 1 atom stereocenters. The largest absolute Gasteiger partial charge is 0.297 e. The van der Waals surface area contributed by atoms with E-state index in [0.717, 1.165) is 37.7 Å². The van der Waals surface area contributed by atoms with Crippen molar-refractivity contribution in [2.45, 2.75) is 64.1 Å². The van der Waals surface area contributed by atoms with Crippen molar-refractivity contribution in [3.05, 3.63) is 29.6 Å². The second-order valence-corrected chi connectivity index (χ2v) is 8.22. The van der Waals surface area contributed by atoms with Crippen molar-refractivity contribution in [1.29, 1.82) is 0 Å². The average molecular weight is 364 g/mol. The number of halogens is 2. The third-order valence-electron chi connectivity index (χ3n) is 6.01. The molecule has 4 rings (SSSR count). The highest BCUT2D eigenvalue weighted by Gasteiger charge is 2.34. The monoisotopic (exact) mass is 364 g/mol.